The van der Waals surface area contributed by atoms with Crippen LogP contribution in [0.15, 0.2) is 79.0 Å². The van der Waals surface area contributed by atoms with Gasteiger partial charge < -0.3 is 27.0 Å². The Morgan fingerprint density at radius 3 is 2.47 bits per heavy atom. The number of fused-ring (bicyclic) bond motifs is 6. The predicted octanol–water partition coefficient (Wildman–Crippen LogP) is 8.93. The Labute approximate surface area is 428 Å². The zero-order valence-electron chi connectivity index (χ0n) is 42.4. The third-order valence-electron chi connectivity index (χ3n) is 13.6. The fraction of sp³-hybridized carbons (Fsp3) is 0.455. The monoisotopic (exact) mass is 1060 g/mol. The third-order valence-corrected chi connectivity index (χ3v) is 15.1. The van der Waals surface area contributed by atoms with Gasteiger partial charge in [0.1, 0.15) is 30.0 Å². The number of alkyl carbamates (subject to hydrolysis) is 1. The fourth-order valence-electron chi connectivity index (χ4n) is 9.73. The smallest absolute Gasteiger partial charge is 0.489 e. The van der Waals surface area contributed by atoms with E-state index in [1.54, 1.807) is 35.0 Å². The van der Waals surface area contributed by atoms with E-state index in [-0.39, 0.29) is 26.6 Å². The number of aromatic amines is 1. The number of H-pyrrole nitrogens is 1. The van der Waals surface area contributed by atoms with E-state index in [1.807, 2.05) is 55.6 Å². The summed E-state index contributed by atoms with van der Waals surface area (Å²) < 4.78 is 33.1. The second-order valence-corrected chi connectivity index (χ2v) is 21.5. The number of methoxy groups -OCH3 is 2. The van der Waals surface area contributed by atoms with E-state index in [9.17, 15) is 14.4 Å². The van der Waals surface area contributed by atoms with Gasteiger partial charge in [0, 0.05) is 13.0 Å². The second-order valence-electron chi connectivity index (χ2n) is 20.5. The second kappa shape index (κ2) is 22.2. The molecule has 70 heavy (non-hydrogen) atoms. The summed E-state index contributed by atoms with van der Waals surface area (Å²) in [5, 5.41) is 5.31. The molecule has 0 spiro atoms. The molecule has 2 fully saturated rings. The predicted molar refractivity (Wildman–Crippen MR) is 268 cm³/mol. The molecule has 3 aliphatic rings. The van der Waals surface area contributed by atoms with Crippen LogP contribution >= 0.6 is 0 Å². The molecular formula is C55H69CdN6O8-. The van der Waals surface area contributed by atoms with E-state index >= 15 is 0 Å². The van der Waals surface area contributed by atoms with Crippen molar-refractivity contribution in [3.8, 4) is 28.1 Å². The first-order valence-electron chi connectivity index (χ1n) is 24.1. The van der Waals surface area contributed by atoms with Crippen molar-refractivity contribution in [2.75, 3.05) is 40.5 Å². The number of piperidine rings is 1. The number of amides is 2. The number of nitrogens with one attached hydrogen (secondary N) is 3. The van der Waals surface area contributed by atoms with Crippen molar-refractivity contribution >= 4 is 32.6 Å². The van der Waals surface area contributed by atoms with Crippen molar-refractivity contribution in [3.05, 3.63) is 114 Å². The Hall–Kier alpha value is -5.01. The fourth-order valence-corrected chi connectivity index (χ4v) is 10.8. The van der Waals surface area contributed by atoms with Gasteiger partial charge in [0.05, 0.1) is 6.61 Å². The molecule has 3 aromatic carbocycles. The summed E-state index contributed by atoms with van der Waals surface area (Å²) >= 11 is 0.759. The van der Waals surface area contributed by atoms with Gasteiger partial charge in [0.25, 0.3) is 5.91 Å². The van der Waals surface area contributed by atoms with Crippen LogP contribution in [0.4, 0.5) is 4.79 Å². The number of pyridine rings is 1. The molecule has 14 nitrogen and oxygen atoms in total. The van der Waals surface area contributed by atoms with Crippen LogP contribution in [0, 0.1) is 12.8 Å². The minimum atomic E-state index is -1.05. The van der Waals surface area contributed by atoms with Crippen molar-refractivity contribution in [1.29, 1.82) is 0 Å². The van der Waals surface area contributed by atoms with E-state index in [2.05, 4.69) is 68.5 Å². The maximum atomic E-state index is 14.6. The number of ether oxygens (including phenoxy) is 5. The molecule has 2 saturated heterocycles. The molecule has 15 heteroatoms. The number of hydrazine groups is 1. The SMILES string of the molecule is CO[C@@H](C)c1ncc(C2(OC)CCN([CH]=[Cd])CC2)cc1-c1[nH]c2ccc3cc2c1CC(C)(C)COC(=O)[C@@H]1CCCN(N1)C(=O)[C@@H](NC(=O)OC(C)(C)C)Cc1cc(OCc2ccccc2)cc-3c1.[CH3-]. The molecule has 0 unspecified atom stereocenters. The molecule has 3 N–H and O–H groups in total. The summed E-state index contributed by atoms with van der Waals surface area (Å²) in [6.07, 6.45) is 4.29. The molecule has 5 heterocycles. The average Bonchev–Trinajstić information content (AvgIpc) is 3.69. The van der Waals surface area contributed by atoms with Crippen LogP contribution in [0.5, 0.6) is 5.75 Å². The number of hydrogen-bond acceptors (Lipinski definition) is 11. The molecule has 5 aromatic rings. The zero-order valence-corrected chi connectivity index (χ0v) is 46.4. The van der Waals surface area contributed by atoms with Crippen LogP contribution in [-0.4, -0.2) is 99.7 Å². The van der Waals surface area contributed by atoms with Crippen LogP contribution in [-0.2, 0) is 78.9 Å². The third kappa shape index (κ3) is 12.2. The van der Waals surface area contributed by atoms with Gasteiger partial charge in [-0.25, -0.2) is 10.2 Å². The van der Waals surface area contributed by atoms with Gasteiger partial charge in [-0.05, 0) is 68.0 Å². The molecular weight excluding hydrogens is 985 g/mol. The Morgan fingerprint density at radius 1 is 1.01 bits per heavy atom. The van der Waals surface area contributed by atoms with Gasteiger partial charge in [-0.15, -0.1) is 0 Å². The summed E-state index contributed by atoms with van der Waals surface area (Å²) in [4.78, 5) is 53.4. The number of cyclic esters (lactones) is 1. The topological polar surface area (TPSA) is 157 Å². The van der Waals surface area contributed by atoms with Crippen LogP contribution in [0.2, 0.25) is 0 Å². The van der Waals surface area contributed by atoms with Gasteiger partial charge in [-0.2, -0.15) is 0 Å². The molecule has 6 bridgehead atoms. The first-order valence-corrected chi connectivity index (χ1v) is 26.4. The van der Waals surface area contributed by atoms with Crippen molar-refractivity contribution in [2.24, 2.45) is 5.41 Å². The van der Waals surface area contributed by atoms with Crippen molar-refractivity contribution < 1.29 is 63.3 Å². The summed E-state index contributed by atoms with van der Waals surface area (Å²) in [5.41, 5.74) is 10.5. The number of carbonyl (C=O) groups is 3. The molecule has 370 valence electrons. The summed E-state index contributed by atoms with van der Waals surface area (Å²) in [6.45, 7) is 14.2. The van der Waals surface area contributed by atoms with Crippen LogP contribution in [0.1, 0.15) is 101 Å². The Balaban J connectivity index is 0.00000722. The standard InChI is InChI=1S/C54H66N6O8.CH3.Cd/c1-34(64-8)47-42(29-39(31-55-47)54(65-9)19-22-59(7)23-20-54)48-43-30-53(5,6)33-67-50(62)45-16-13-21-60(58-45)49(61)46(57-51(63)68-52(2,3)4)26-36-24-38(37-17-18-44(56-48)41(43)28-37)27-40(25-36)66-32-35-14-11-10-12-15-35;;/h7,10-12,14-15,17-18,24-25,27-29,31,34,45-46,56,58H,13,16,19-23,26,30,32-33H2,1-6,8-9H3,(H,57,63);1H3;/q;-1;/t34-,45-,46-;;/m0../s1. The Morgan fingerprint density at radius 2 is 1.77 bits per heavy atom. The van der Waals surface area contributed by atoms with E-state index < -0.39 is 46.7 Å². The normalized spacial score (nSPS) is 20.1. The van der Waals surface area contributed by atoms with E-state index in [0.717, 1.165) is 112 Å². The van der Waals surface area contributed by atoms with Crippen LogP contribution < -0.4 is 15.5 Å². The minimum absolute atomic E-state index is 0. The Kier molecular flexibility index (Phi) is 16.7. The number of likely N-dealkylation sites (tertiary alicyclic amines) is 1. The van der Waals surface area contributed by atoms with Crippen molar-refractivity contribution in [3.63, 3.8) is 0 Å². The first kappa shape index (κ1) is 52.8. The van der Waals surface area contributed by atoms with Crippen LogP contribution in [0.25, 0.3) is 33.3 Å². The maximum absolute atomic E-state index is 14.6. The van der Waals surface area contributed by atoms with Crippen molar-refractivity contribution in [1.82, 2.24) is 30.6 Å². The van der Waals surface area contributed by atoms with Crippen LogP contribution in [0.3, 0.4) is 0 Å². The number of esters is 1. The summed E-state index contributed by atoms with van der Waals surface area (Å²) in [6, 6.07) is 22.8. The first-order chi connectivity index (χ1) is 33.0. The van der Waals surface area contributed by atoms with E-state index in [4.69, 9.17) is 28.7 Å². The average molecular weight is 1050 g/mol. The molecule has 3 atom stereocenters. The number of hydrogen-bond donors (Lipinski definition) is 3. The number of nitrogens with zero attached hydrogens (tertiary/aromatic N) is 3. The van der Waals surface area contributed by atoms with Gasteiger partial charge >= 0.3 is 199 Å². The molecule has 2 amide bonds. The molecule has 0 aliphatic carbocycles. The molecule has 2 aromatic heterocycles. The minimum Gasteiger partial charge on any atom is -0.489 e. The molecule has 3 aliphatic heterocycles. The number of benzene rings is 3. The van der Waals surface area contributed by atoms with Gasteiger partial charge in [0.15, 0.2) is 0 Å². The quantitative estimate of drug-likeness (QED) is 0.0698. The van der Waals surface area contributed by atoms with E-state index in [0.29, 0.717) is 38.2 Å². The zero-order chi connectivity index (χ0) is 49.1. The molecule has 0 saturated carbocycles. The Bertz CT molecular complexity index is 2670. The van der Waals surface area contributed by atoms with Gasteiger partial charge in [-0.1, -0.05) is 56.3 Å². The summed E-state index contributed by atoms with van der Waals surface area (Å²) in [5.74, 6) is -0.232. The molecule has 8 rings (SSSR count). The summed E-state index contributed by atoms with van der Waals surface area (Å²) in [7, 11) is 3.51. The molecule has 0 radical (unpaired) electrons. The number of rotatable bonds is 10. The van der Waals surface area contributed by atoms with Gasteiger partial charge in [0.2, 0.25) is 0 Å². The van der Waals surface area contributed by atoms with Crippen molar-refractivity contribution in [2.45, 2.75) is 116 Å². The van der Waals surface area contributed by atoms with E-state index in [1.165, 1.54) is 5.01 Å². The van der Waals surface area contributed by atoms with Gasteiger partial charge in [-0.3, -0.25) is 14.6 Å². The number of aromatic nitrogens is 2. The number of carbonyl (C=O) groups excluding carboxylic acids is 3.